The summed E-state index contributed by atoms with van der Waals surface area (Å²) in [5.74, 6) is 0.286. The van der Waals surface area contributed by atoms with Crippen molar-refractivity contribution >= 4 is 9.84 Å². The van der Waals surface area contributed by atoms with Crippen molar-refractivity contribution in [2.24, 2.45) is 0 Å². The molecule has 0 spiro atoms. The van der Waals surface area contributed by atoms with Gasteiger partial charge in [0.25, 0.3) is 0 Å². The molecule has 0 aromatic carbocycles. The van der Waals surface area contributed by atoms with Gasteiger partial charge in [-0.2, -0.15) is 0 Å². The zero-order valence-electron chi connectivity index (χ0n) is 12.9. The second-order valence-corrected chi connectivity index (χ2v) is 8.66. The average Bonchev–Trinajstić information content (AvgIpc) is 2.49. The van der Waals surface area contributed by atoms with Crippen molar-refractivity contribution in [1.82, 2.24) is 10.2 Å². The molecule has 2 unspecified atom stereocenters. The van der Waals surface area contributed by atoms with E-state index in [0.29, 0.717) is 18.6 Å². The Balaban J connectivity index is 2.58. The lowest BCUT2D eigenvalue weighted by Crippen LogP contribution is -2.42. The number of hydrogen-bond acceptors (Lipinski definition) is 4. The third-order valence-corrected chi connectivity index (χ3v) is 6.28. The van der Waals surface area contributed by atoms with E-state index in [0.717, 1.165) is 19.5 Å². The van der Waals surface area contributed by atoms with Crippen LogP contribution in [0.3, 0.4) is 0 Å². The van der Waals surface area contributed by atoms with E-state index >= 15 is 0 Å². The Morgan fingerprint density at radius 1 is 1.37 bits per heavy atom. The third kappa shape index (κ3) is 5.40. The molecule has 0 aliphatic carbocycles. The van der Waals surface area contributed by atoms with Crippen molar-refractivity contribution in [1.29, 1.82) is 0 Å². The minimum Gasteiger partial charge on any atom is -0.313 e. The number of nitrogens with one attached hydrogen (secondary N) is 1. The summed E-state index contributed by atoms with van der Waals surface area (Å²) in [6, 6.07) is 0.980. The zero-order chi connectivity index (χ0) is 14.5. The van der Waals surface area contributed by atoms with Crippen LogP contribution in [0.15, 0.2) is 0 Å². The standard InChI is InChI=1S/C14H30N2O2S/c1-5-6-14-11-16(13(4)7-8-15-14)9-10-19(17,18)12(2)3/h12-15H,5-11H2,1-4H3. The summed E-state index contributed by atoms with van der Waals surface area (Å²) < 4.78 is 23.9. The van der Waals surface area contributed by atoms with Gasteiger partial charge in [0.1, 0.15) is 0 Å². The topological polar surface area (TPSA) is 49.4 Å². The second-order valence-electron chi connectivity index (χ2n) is 5.99. The molecule has 4 nitrogen and oxygen atoms in total. The Bertz CT molecular complexity index is 354. The van der Waals surface area contributed by atoms with Crippen LogP contribution >= 0.6 is 0 Å². The van der Waals surface area contributed by atoms with Gasteiger partial charge in [0.15, 0.2) is 9.84 Å². The van der Waals surface area contributed by atoms with Gasteiger partial charge in [-0.1, -0.05) is 13.3 Å². The molecule has 0 aromatic heterocycles. The Morgan fingerprint density at radius 2 is 2.05 bits per heavy atom. The summed E-state index contributed by atoms with van der Waals surface area (Å²) in [4.78, 5) is 2.35. The molecular weight excluding hydrogens is 260 g/mol. The van der Waals surface area contributed by atoms with E-state index < -0.39 is 9.84 Å². The second kappa shape index (κ2) is 7.60. The fraction of sp³-hybridized carbons (Fsp3) is 1.00. The Labute approximate surface area is 118 Å². The number of nitrogens with zero attached hydrogens (tertiary/aromatic N) is 1. The highest BCUT2D eigenvalue weighted by Gasteiger charge is 2.24. The maximum absolute atomic E-state index is 11.9. The quantitative estimate of drug-likeness (QED) is 0.808. The molecule has 1 aliphatic rings. The van der Waals surface area contributed by atoms with Crippen molar-refractivity contribution in [2.75, 3.05) is 25.4 Å². The SMILES string of the molecule is CCCC1CN(CCS(=O)(=O)C(C)C)C(C)CCN1. The first-order valence-corrected chi connectivity index (χ1v) is 9.27. The highest BCUT2D eigenvalue weighted by atomic mass is 32.2. The van der Waals surface area contributed by atoms with E-state index in [1.807, 2.05) is 0 Å². The van der Waals surface area contributed by atoms with E-state index in [1.54, 1.807) is 13.8 Å². The van der Waals surface area contributed by atoms with Crippen LogP contribution in [0.1, 0.15) is 47.0 Å². The van der Waals surface area contributed by atoms with E-state index in [2.05, 4.69) is 24.1 Å². The molecule has 0 saturated carbocycles. The summed E-state index contributed by atoms with van der Waals surface area (Å²) >= 11 is 0. The predicted octanol–water partition coefficient (Wildman–Crippen LogP) is 1.66. The first kappa shape index (κ1) is 16.9. The molecule has 1 saturated heterocycles. The highest BCUT2D eigenvalue weighted by molar-refractivity contribution is 7.92. The van der Waals surface area contributed by atoms with Crippen molar-refractivity contribution in [3.63, 3.8) is 0 Å². The van der Waals surface area contributed by atoms with Crippen molar-refractivity contribution < 1.29 is 8.42 Å². The van der Waals surface area contributed by atoms with Crippen LogP contribution in [0.25, 0.3) is 0 Å². The number of rotatable bonds is 6. The fourth-order valence-corrected chi connectivity index (χ4v) is 3.50. The Hall–Kier alpha value is -0.130. The van der Waals surface area contributed by atoms with Crippen molar-refractivity contribution in [3.8, 4) is 0 Å². The van der Waals surface area contributed by atoms with Gasteiger partial charge in [0, 0.05) is 25.2 Å². The first-order valence-electron chi connectivity index (χ1n) is 7.55. The predicted molar refractivity (Wildman–Crippen MR) is 81.3 cm³/mol. The fourth-order valence-electron chi connectivity index (χ4n) is 2.54. The summed E-state index contributed by atoms with van der Waals surface area (Å²) in [7, 11) is -2.92. The summed E-state index contributed by atoms with van der Waals surface area (Å²) in [5.41, 5.74) is 0. The minimum absolute atomic E-state index is 0.264. The molecule has 19 heavy (non-hydrogen) atoms. The van der Waals surface area contributed by atoms with Gasteiger partial charge in [-0.25, -0.2) is 8.42 Å². The van der Waals surface area contributed by atoms with Crippen LogP contribution in [0.4, 0.5) is 0 Å². The number of sulfone groups is 1. The molecule has 0 amide bonds. The van der Waals surface area contributed by atoms with Gasteiger partial charge in [0.05, 0.1) is 11.0 Å². The molecule has 1 heterocycles. The van der Waals surface area contributed by atoms with Crippen molar-refractivity contribution in [2.45, 2.75) is 64.3 Å². The lowest BCUT2D eigenvalue weighted by Gasteiger charge is -2.29. The van der Waals surface area contributed by atoms with E-state index in [-0.39, 0.29) is 11.0 Å². The van der Waals surface area contributed by atoms with Crippen LogP contribution < -0.4 is 5.32 Å². The van der Waals surface area contributed by atoms with Gasteiger partial charge in [-0.05, 0) is 40.2 Å². The van der Waals surface area contributed by atoms with E-state index in [4.69, 9.17) is 0 Å². The van der Waals surface area contributed by atoms with E-state index in [1.165, 1.54) is 12.8 Å². The summed E-state index contributed by atoms with van der Waals surface area (Å²) in [5, 5.41) is 3.31. The average molecular weight is 290 g/mol. The van der Waals surface area contributed by atoms with E-state index in [9.17, 15) is 8.42 Å². The van der Waals surface area contributed by atoms with Gasteiger partial charge >= 0.3 is 0 Å². The lowest BCUT2D eigenvalue weighted by atomic mass is 10.1. The monoisotopic (exact) mass is 290 g/mol. The van der Waals surface area contributed by atoms with Crippen LogP contribution in [0.2, 0.25) is 0 Å². The molecule has 1 N–H and O–H groups in total. The minimum atomic E-state index is -2.92. The zero-order valence-corrected chi connectivity index (χ0v) is 13.7. The van der Waals surface area contributed by atoms with Gasteiger partial charge in [0.2, 0.25) is 0 Å². The van der Waals surface area contributed by atoms with Gasteiger partial charge in [-0.3, -0.25) is 4.90 Å². The molecule has 5 heteroatoms. The normalized spacial score (nSPS) is 26.6. The number of hydrogen-bond donors (Lipinski definition) is 1. The summed E-state index contributed by atoms with van der Waals surface area (Å²) in [6.45, 7) is 10.6. The van der Waals surface area contributed by atoms with Crippen molar-refractivity contribution in [3.05, 3.63) is 0 Å². The smallest absolute Gasteiger partial charge is 0.153 e. The van der Waals surface area contributed by atoms with Gasteiger partial charge < -0.3 is 5.32 Å². The summed E-state index contributed by atoms with van der Waals surface area (Å²) in [6.07, 6.45) is 3.44. The maximum atomic E-state index is 11.9. The molecule has 1 aliphatic heterocycles. The first-order chi connectivity index (χ1) is 8.86. The molecule has 1 rings (SSSR count). The molecule has 0 aromatic rings. The maximum Gasteiger partial charge on any atom is 0.153 e. The third-order valence-electron chi connectivity index (χ3n) is 4.09. The Morgan fingerprint density at radius 3 is 2.63 bits per heavy atom. The molecule has 0 radical (unpaired) electrons. The van der Waals surface area contributed by atoms with Crippen LogP contribution in [-0.4, -0.2) is 56.0 Å². The van der Waals surface area contributed by atoms with Crippen LogP contribution in [0, 0.1) is 0 Å². The Kier molecular flexibility index (Phi) is 6.77. The van der Waals surface area contributed by atoms with Gasteiger partial charge in [-0.15, -0.1) is 0 Å². The van der Waals surface area contributed by atoms with Crippen LogP contribution in [0.5, 0.6) is 0 Å². The highest BCUT2D eigenvalue weighted by Crippen LogP contribution is 2.12. The lowest BCUT2D eigenvalue weighted by molar-refractivity contribution is 0.213. The molecule has 114 valence electrons. The van der Waals surface area contributed by atoms with Crippen LogP contribution in [-0.2, 0) is 9.84 Å². The largest absolute Gasteiger partial charge is 0.313 e. The molecule has 2 atom stereocenters. The molecule has 0 bridgehead atoms. The molecular formula is C14H30N2O2S. The molecule has 1 fully saturated rings.